The number of hydrogen-bond acceptors (Lipinski definition) is 5. The number of nitrogen functional groups attached to an aromatic ring is 1. The molecule has 0 saturated carbocycles. The van der Waals surface area contributed by atoms with Crippen LogP contribution in [0, 0.1) is 0 Å². The van der Waals surface area contributed by atoms with E-state index in [0.29, 0.717) is 5.82 Å². The molecule has 0 radical (unpaired) electrons. The molecule has 0 aromatic carbocycles. The highest BCUT2D eigenvalue weighted by molar-refractivity contribution is 6.33. The van der Waals surface area contributed by atoms with Crippen LogP contribution >= 0.6 is 11.6 Å². The van der Waals surface area contributed by atoms with Crippen molar-refractivity contribution >= 4 is 23.4 Å². The Balaban J connectivity index is 3.05. The zero-order valence-electron chi connectivity index (χ0n) is 6.87. The minimum absolute atomic E-state index is 0.211. The minimum Gasteiger partial charge on any atom is -0.465 e. The van der Waals surface area contributed by atoms with Crippen molar-refractivity contribution in [2.75, 3.05) is 12.5 Å². The third-order valence-electron chi connectivity index (χ3n) is 1.41. The van der Waals surface area contributed by atoms with Gasteiger partial charge in [-0.3, -0.25) is 0 Å². The van der Waals surface area contributed by atoms with Gasteiger partial charge in [0, 0.05) is 12.3 Å². The van der Waals surface area contributed by atoms with Gasteiger partial charge in [0.15, 0.2) is 0 Å². The number of carbonyl (C=O) groups is 1. The number of ether oxygens (including phenoxy) is 1. The monoisotopic (exact) mass is 201 g/mol. The van der Waals surface area contributed by atoms with Crippen LogP contribution in [0.5, 0.6) is 0 Å². The molecular formula is C7H8ClN3O2. The first-order valence-corrected chi connectivity index (χ1v) is 3.77. The molecule has 0 aliphatic rings. The maximum absolute atomic E-state index is 11.0. The average molecular weight is 202 g/mol. The van der Waals surface area contributed by atoms with Crippen LogP contribution in [-0.4, -0.2) is 18.1 Å². The van der Waals surface area contributed by atoms with E-state index in [2.05, 4.69) is 15.1 Å². The van der Waals surface area contributed by atoms with Crippen LogP contribution in [0.15, 0.2) is 12.3 Å². The van der Waals surface area contributed by atoms with Crippen LogP contribution < -0.4 is 11.3 Å². The fourth-order valence-corrected chi connectivity index (χ4v) is 0.999. The molecule has 0 saturated heterocycles. The van der Waals surface area contributed by atoms with Gasteiger partial charge in [-0.05, 0) is 0 Å². The molecule has 0 fully saturated rings. The predicted octanol–water partition coefficient (Wildman–Crippen LogP) is 0.807. The molecule has 1 aromatic heterocycles. The highest BCUT2D eigenvalue weighted by atomic mass is 35.5. The number of halogens is 1. The summed E-state index contributed by atoms with van der Waals surface area (Å²) in [6.07, 6.45) is 1.30. The molecule has 0 amide bonds. The maximum atomic E-state index is 11.0. The van der Waals surface area contributed by atoms with E-state index in [1.807, 2.05) is 0 Å². The fraction of sp³-hybridized carbons (Fsp3) is 0.143. The second kappa shape index (κ2) is 4.06. The van der Waals surface area contributed by atoms with E-state index in [9.17, 15) is 4.79 Å². The Labute approximate surface area is 79.8 Å². The topological polar surface area (TPSA) is 77.2 Å². The van der Waals surface area contributed by atoms with E-state index in [1.165, 1.54) is 19.4 Å². The van der Waals surface area contributed by atoms with E-state index >= 15 is 0 Å². The molecule has 0 bridgehead atoms. The molecule has 6 heteroatoms. The standard InChI is InChI=1S/C7H8ClN3O2/c1-13-7(12)4-3-10-6(11-9)2-5(4)8/h2-3H,9H2,1H3,(H,10,11). The summed E-state index contributed by atoms with van der Waals surface area (Å²) >= 11 is 5.75. The molecule has 0 aliphatic carbocycles. The van der Waals surface area contributed by atoms with Gasteiger partial charge in [-0.25, -0.2) is 15.6 Å². The van der Waals surface area contributed by atoms with Crippen molar-refractivity contribution in [3.63, 3.8) is 0 Å². The number of nitrogens with two attached hydrogens (primary N) is 1. The van der Waals surface area contributed by atoms with Gasteiger partial charge in [0.1, 0.15) is 5.82 Å². The summed E-state index contributed by atoms with van der Waals surface area (Å²) in [6.45, 7) is 0. The number of methoxy groups -OCH3 is 1. The summed E-state index contributed by atoms with van der Waals surface area (Å²) in [5.74, 6) is 4.95. The molecule has 0 spiro atoms. The van der Waals surface area contributed by atoms with Crippen molar-refractivity contribution < 1.29 is 9.53 Å². The first kappa shape index (κ1) is 9.76. The van der Waals surface area contributed by atoms with Crippen molar-refractivity contribution in [3.8, 4) is 0 Å². The number of pyridine rings is 1. The SMILES string of the molecule is COC(=O)c1cnc(NN)cc1Cl. The van der Waals surface area contributed by atoms with Crippen LogP contribution in [-0.2, 0) is 4.74 Å². The average Bonchev–Trinajstić information content (AvgIpc) is 2.16. The van der Waals surface area contributed by atoms with Crippen LogP contribution in [0.2, 0.25) is 5.02 Å². The van der Waals surface area contributed by atoms with Gasteiger partial charge in [0.05, 0.1) is 17.7 Å². The summed E-state index contributed by atoms with van der Waals surface area (Å²) in [5.41, 5.74) is 2.52. The summed E-state index contributed by atoms with van der Waals surface area (Å²) in [7, 11) is 1.27. The number of hydrogen-bond donors (Lipinski definition) is 2. The summed E-state index contributed by atoms with van der Waals surface area (Å²) < 4.78 is 4.48. The van der Waals surface area contributed by atoms with Crippen molar-refractivity contribution in [2.24, 2.45) is 5.84 Å². The molecule has 0 unspecified atom stereocenters. The molecule has 0 aliphatic heterocycles. The van der Waals surface area contributed by atoms with Crippen molar-refractivity contribution in [1.29, 1.82) is 0 Å². The molecule has 5 nitrogen and oxygen atoms in total. The van der Waals surface area contributed by atoms with Gasteiger partial charge in [-0.15, -0.1) is 0 Å². The number of nitrogens with one attached hydrogen (secondary N) is 1. The first-order chi connectivity index (χ1) is 6.19. The van der Waals surface area contributed by atoms with E-state index in [0.717, 1.165) is 0 Å². The normalized spacial score (nSPS) is 9.46. The van der Waals surface area contributed by atoms with Gasteiger partial charge < -0.3 is 10.2 Å². The first-order valence-electron chi connectivity index (χ1n) is 3.39. The van der Waals surface area contributed by atoms with Gasteiger partial charge in [0.25, 0.3) is 0 Å². The lowest BCUT2D eigenvalue weighted by Gasteiger charge is -2.03. The lowest BCUT2D eigenvalue weighted by molar-refractivity contribution is 0.0600. The maximum Gasteiger partial charge on any atom is 0.340 e. The van der Waals surface area contributed by atoms with Crippen molar-refractivity contribution in [2.45, 2.75) is 0 Å². The van der Waals surface area contributed by atoms with E-state index in [-0.39, 0.29) is 10.6 Å². The zero-order valence-corrected chi connectivity index (χ0v) is 7.63. The highest BCUT2D eigenvalue weighted by Gasteiger charge is 2.11. The Morgan fingerprint density at radius 3 is 2.92 bits per heavy atom. The number of anilines is 1. The largest absolute Gasteiger partial charge is 0.465 e. The van der Waals surface area contributed by atoms with Crippen LogP contribution in [0.25, 0.3) is 0 Å². The molecule has 0 atom stereocenters. The van der Waals surface area contributed by atoms with Gasteiger partial charge in [-0.1, -0.05) is 11.6 Å². The number of aromatic nitrogens is 1. The zero-order chi connectivity index (χ0) is 9.84. The second-order valence-electron chi connectivity index (χ2n) is 2.19. The van der Waals surface area contributed by atoms with Crippen LogP contribution in [0.3, 0.4) is 0 Å². The number of hydrazine groups is 1. The predicted molar refractivity (Wildman–Crippen MR) is 48.4 cm³/mol. The molecule has 70 valence electrons. The Hall–Kier alpha value is -1.33. The number of nitrogens with zero attached hydrogens (tertiary/aromatic N) is 1. The lowest BCUT2D eigenvalue weighted by atomic mass is 10.3. The Morgan fingerprint density at radius 2 is 2.46 bits per heavy atom. The quantitative estimate of drug-likeness (QED) is 0.421. The highest BCUT2D eigenvalue weighted by Crippen LogP contribution is 2.18. The summed E-state index contributed by atoms with van der Waals surface area (Å²) in [4.78, 5) is 14.8. The third kappa shape index (κ3) is 2.07. The van der Waals surface area contributed by atoms with Crippen LogP contribution in [0.1, 0.15) is 10.4 Å². The minimum atomic E-state index is -0.527. The molecule has 1 aromatic rings. The summed E-state index contributed by atoms with van der Waals surface area (Å²) in [5, 5.41) is 0.245. The Morgan fingerprint density at radius 1 is 1.77 bits per heavy atom. The molecular weight excluding hydrogens is 194 g/mol. The smallest absolute Gasteiger partial charge is 0.340 e. The molecule has 13 heavy (non-hydrogen) atoms. The van der Waals surface area contributed by atoms with E-state index in [1.54, 1.807) is 0 Å². The molecule has 3 N–H and O–H groups in total. The Bertz CT molecular complexity index is 330. The number of carbonyl (C=O) groups excluding carboxylic acids is 1. The van der Waals surface area contributed by atoms with E-state index in [4.69, 9.17) is 17.4 Å². The number of esters is 1. The molecule has 1 rings (SSSR count). The fourth-order valence-electron chi connectivity index (χ4n) is 0.770. The third-order valence-corrected chi connectivity index (χ3v) is 1.72. The molecule has 1 heterocycles. The van der Waals surface area contributed by atoms with Gasteiger partial charge in [-0.2, -0.15) is 0 Å². The van der Waals surface area contributed by atoms with Gasteiger partial charge >= 0.3 is 5.97 Å². The number of rotatable bonds is 2. The summed E-state index contributed by atoms with van der Waals surface area (Å²) in [6, 6.07) is 1.44. The van der Waals surface area contributed by atoms with Gasteiger partial charge in [0.2, 0.25) is 0 Å². The lowest BCUT2D eigenvalue weighted by Crippen LogP contribution is -2.10. The van der Waals surface area contributed by atoms with E-state index < -0.39 is 5.97 Å². The van der Waals surface area contributed by atoms with Crippen LogP contribution in [0.4, 0.5) is 5.82 Å². The Kier molecular flexibility index (Phi) is 3.05. The second-order valence-corrected chi connectivity index (χ2v) is 2.59. The van der Waals surface area contributed by atoms with Crippen molar-refractivity contribution in [1.82, 2.24) is 4.98 Å². The van der Waals surface area contributed by atoms with Crippen molar-refractivity contribution in [3.05, 3.63) is 22.8 Å².